The Hall–Kier alpha value is -4.50. The van der Waals surface area contributed by atoms with E-state index >= 15 is 0 Å². The van der Waals surface area contributed by atoms with Crippen molar-refractivity contribution in [3.8, 4) is 11.5 Å². The predicted octanol–water partition coefficient (Wildman–Crippen LogP) is 4.09. The average Bonchev–Trinajstić information content (AvgIpc) is 3.35. The number of rotatable bonds is 9. The number of aliphatic hydroxyl groups excluding tert-OH is 1. The first-order valence-electron chi connectivity index (χ1n) is 13.5. The number of anilines is 1. The molecule has 1 aliphatic heterocycles. The number of amides is 2. The van der Waals surface area contributed by atoms with Gasteiger partial charge in [-0.25, -0.2) is 8.78 Å². The summed E-state index contributed by atoms with van der Waals surface area (Å²) in [7, 11) is 4.19. The van der Waals surface area contributed by atoms with Crippen molar-refractivity contribution in [2.24, 2.45) is 0 Å². The second-order valence-electron chi connectivity index (χ2n) is 9.91. The molecule has 0 bridgehead atoms. The Kier molecular flexibility index (Phi) is 11.7. The predicted molar refractivity (Wildman–Crippen MR) is 153 cm³/mol. The van der Waals surface area contributed by atoms with Crippen molar-refractivity contribution in [3.63, 3.8) is 0 Å². The minimum atomic E-state index is -4.71. The van der Waals surface area contributed by atoms with Gasteiger partial charge in [0.25, 0.3) is 11.5 Å². The lowest BCUT2D eigenvalue weighted by atomic mass is 9.97. The monoisotopic (exact) mass is 641 g/mol. The Bertz CT molecular complexity index is 1540. The highest BCUT2D eigenvalue weighted by molar-refractivity contribution is 5.97. The van der Waals surface area contributed by atoms with Gasteiger partial charge in [0, 0.05) is 62.5 Å². The number of carbonyl (C=O) groups excluding carboxylic acids is 2. The van der Waals surface area contributed by atoms with Crippen LogP contribution in [0.15, 0.2) is 53.5 Å². The molecule has 2 aromatic carbocycles. The van der Waals surface area contributed by atoms with Crippen LogP contribution < -0.4 is 25.2 Å². The molecular weight excluding hydrogens is 609 g/mol. The lowest BCUT2D eigenvalue weighted by Gasteiger charge is -2.23. The number of benzene rings is 2. The lowest BCUT2D eigenvalue weighted by Crippen LogP contribution is -2.37. The van der Waals surface area contributed by atoms with Gasteiger partial charge in [0.2, 0.25) is 5.91 Å². The second-order valence-corrected chi connectivity index (χ2v) is 9.91. The second kappa shape index (κ2) is 15.0. The van der Waals surface area contributed by atoms with Crippen LogP contribution >= 0.6 is 0 Å². The van der Waals surface area contributed by atoms with Crippen LogP contribution in [0.25, 0.3) is 0 Å². The molecule has 1 fully saturated rings. The number of hydrogen-bond donors (Lipinski definition) is 2. The van der Waals surface area contributed by atoms with Gasteiger partial charge < -0.3 is 34.1 Å². The highest BCUT2D eigenvalue weighted by Gasteiger charge is 2.37. The van der Waals surface area contributed by atoms with E-state index in [-0.39, 0.29) is 60.4 Å². The zero-order valence-corrected chi connectivity index (χ0v) is 24.8. The topological polar surface area (TPSA) is 119 Å². The summed E-state index contributed by atoms with van der Waals surface area (Å²) in [5.41, 5.74) is 0.278. The van der Waals surface area contributed by atoms with E-state index in [1.54, 1.807) is 13.0 Å². The standard InChI is InChI=1S/C21H24F2N2O5.C9H8F3NO2/c1-12-4-5-24(14(10-26)11-29-2)21(28)20(12)25-9-13(6-18(25)27)19-16(22)7-15(30-3)8-17(19)23;1-13-8(14)6-2-4-7(5-3-6)15-9(10,11)12/h4-5,7-8,13-14,26H,6,9-11H2,1-3H3;2-5H,1H3,(H,13,14). The first-order chi connectivity index (χ1) is 21.2. The number of alkyl halides is 3. The van der Waals surface area contributed by atoms with Crippen LogP contribution in [0.1, 0.15) is 39.9 Å². The molecule has 2 amide bonds. The molecule has 2 N–H and O–H groups in total. The molecule has 10 nitrogen and oxygen atoms in total. The quantitative estimate of drug-likeness (QED) is 0.338. The number of aliphatic hydroxyl groups is 1. The van der Waals surface area contributed by atoms with E-state index < -0.39 is 41.4 Å². The van der Waals surface area contributed by atoms with Crippen molar-refractivity contribution in [2.45, 2.75) is 31.7 Å². The van der Waals surface area contributed by atoms with Crippen LogP contribution in [0.2, 0.25) is 0 Å². The first-order valence-corrected chi connectivity index (χ1v) is 13.5. The third-order valence-corrected chi connectivity index (χ3v) is 6.93. The molecule has 1 saturated heterocycles. The number of methoxy groups -OCH3 is 2. The van der Waals surface area contributed by atoms with E-state index in [1.807, 2.05) is 0 Å². The largest absolute Gasteiger partial charge is 0.573 e. The molecule has 0 radical (unpaired) electrons. The van der Waals surface area contributed by atoms with Crippen molar-refractivity contribution in [1.29, 1.82) is 0 Å². The van der Waals surface area contributed by atoms with Gasteiger partial charge in [0.1, 0.15) is 28.8 Å². The number of nitrogens with one attached hydrogen (secondary N) is 1. The number of pyridine rings is 1. The summed E-state index contributed by atoms with van der Waals surface area (Å²) in [5, 5.41) is 11.9. The minimum Gasteiger partial charge on any atom is -0.497 e. The third kappa shape index (κ3) is 8.57. The molecular formula is C30H32F5N3O7. The molecule has 2 unspecified atom stereocenters. The van der Waals surface area contributed by atoms with Crippen LogP contribution in [0.3, 0.4) is 0 Å². The van der Waals surface area contributed by atoms with Crippen LogP contribution in [0.4, 0.5) is 27.6 Å². The Labute approximate surface area is 254 Å². The number of aryl methyl sites for hydroxylation is 1. The van der Waals surface area contributed by atoms with Crippen molar-refractivity contribution in [2.75, 3.05) is 45.9 Å². The Morgan fingerprint density at radius 3 is 2.20 bits per heavy atom. The maximum atomic E-state index is 14.5. The number of nitrogens with zero attached hydrogens (tertiary/aromatic N) is 2. The van der Waals surface area contributed by atoms with Crippen molar-refractivity contribution in [1.82, 2.24) is 9.88 Å². The third-order valence-electron chi connectivity index (χ3n) is 6.93. The minimum absolute atomic E-state index is 0.0346. The van der Waals surface area contributed by atoms with Crippen molar-refractivity contribution < 1.29 is 50.9 Å². The van der Waals surface area contributed by atoms with E-state index in [0.717, 1.165) is 24.3 Å². The Morgan fingerprint density at radius 1 is 1.07 bits per heavy atom. The van der Waals surface area contributed by atoms with Gasteiger partial charge in [-0.2, -0.15) is 0 Å². The molecule has 1 aromatic heterocycles. The number of ether oxygens (including phenoxy) is 3. The molecule has 1 aliphatic rings. The molecule has 0 saturated carbocycles. The van der Waals surface area contributed by atoms with Gasteiger partial charge in [0.15, 0.2) is 0 Å². The van der Waals surface area contributed by atoms with E-state index in [1.165, 1.54) is 49.1 Å². The summed E-state index contributed by atoms with van der Waals surface area (Å²) in [6.07, 6.45) is -3.31. The summed E-state index contributed by atoms with van der Waals surface area (Å²) in [6, 6.07) is 7.85. The maximum Gasteiger partial charge on any atom is 0.573 e. The van der Waals surface area contributed by atoms with Crippen LogP contribution in [0.5, 0.6) is 11.5 Å². The van der Waals surface area contributed by atoms with E-state index in [0.29, 0.717) is 5.56 Å². The van der Waals surface area contributed by atoms with Crippen LogP contribution in [-0.2, 0) is 9.53 Å². The van der Waals surface area contributed by atoms with Gasteiger partial charge in [-0.1, -0.05) is 0 Å². The zero-order chi connectivity index (χ0) is 33.5. The molecule has 244 valence electrons. The number of halogens is 5. The van der Waals surface area contributed by atoms with Gasteiger partial charge in [0.05, 0.1) is 26.4 Å². The molecule has 2 atom stereocenters. The lowest BCUT2D eigenvalue weighted by molar-refractivity contribution is -0.274. The number of hydrogen-bond acceptors (Lipinski definition) is 7. The highest BCUT2D eigenvalue weighted by Crippen LogP contribution is 2.36. The fourth-order valence-corrected chi connectivity index (χ4v) is 4.80. The summed E-state index contributed by atoms with van der Waals surface area (Å²) in [4.78, 5) is 38.1. The van der Waals surface area contributed by atoms with Gasteiger partial charge in [-0.05, 0) is 42.8 Å². The molecule has 0 spiro atoms. The normalized spacial score (nSPS) is 15.3. The smallest absolute Gasteiger partial charge is 0.497 e. The highest BCUT2D eigenvalue weighted by atomic mass is 19.4. The fraction of sp³-hybridized carbons (Fsp3) is 0.367. The number of aromatic nitrogens is 1. The molecule has 0 aliphatic carbocycles. The molecule has 4 rings (SSSR count). The fourth-order valence-electron chi connectivity index (χ4n) is 4.80. The van der Waals surface area contributed by atoms with Crippen LogP contribution in [-0.4, -0.2) is 68.9 Å². The summed E-state index contributed by atoms with van der Waals surface area (Å²) in [5.74, 6) is -3.42. The summed E-state index contributed by atoms with van der Waals surface area (Å²) < 4.78 is 79.2. The van der Waals surface area contributed by atoms with E-state index in [2.05, 4.69) is 10.1 Å². The van der Waals surface area contributed by atoms with Crippen LogP contribution in [0, 0.1) is 18.6 Å². The number of carbonyl (C=O) groups is 2. The first kappa shape index (κ1) is 35.0. The van der Waals surface area contributed by atoms with E-state index in [4.69, 9.17) is 9.47 Å². The van der Waals surface area contributed by atoms with Crippen molar-refractivity contribution in [3.05, 3.63) is 87.3 Å². The molecule has 15 heteroatoms. The molecule has 2 heterocycles. The summed E-state index contributed by atoms with van der Waals surface area (Å²) >= 11 is 0. The van der Waals surface area contributed by atoms with Gasteiger partial charge in [-0.3, -0.25) is 14.4 Å². The van der Waals surface area contributed by atoms with E-state index in [9.17, 15) is 41.4 Å². The van der Waals surface area contributed by atoms with Gasteiger partial charge in [-0.15, -0.1) is 13.2 Å². The Morgan fingerprint density at radius 2 is 1.69 bits per heavy atom. The summed E-state index contributed by atoms with van der Waals surface area (Å²) in [6.45, 7) is 1.43. The SMILES string of the molecule is CNC(=O)c1ccc(OC(F)(F)F)cc1.COCC(CO)n1ccc(C)c(N2CC(c3c(F)cc(OC)cc3F)CC2=O)c1=O. The Balaban J connectivity index is 0.000000309. The van der Waals surface area contributed by atoms with Crippen molar-refractivity contribution >= 4 is 17.5 Å². The average molecular weight is 642 g/mol. The molecule has 3 aromatic rings. The van der Waals surface area contributed by atoms with Gasteiger partial charge >= 0.3 is 6.36 Å². The maximum absolute atomic E-state index is 14.5. The zero-order valence-electron chi connectivity index (χ0n) is 24.8. The molecule has 45 heavy (non-hydrogen) atoms.